The maximum atomic E-state index is 10.6. The smallest absolute Gasteiger partial charge is 0.303 e. The monoisotopic (exact) mass is 458 g/mol. The molecular weight excluding hydrogens is 412 g/mol. The van der Waals surface area contributed by atoms with Crippen molar-refractivity contribution >= 4 is 5.97 Å². The lowest BCUT2D eigenvalue weighted by atomic mass is 9.86. The molecule has 1 unspecified atom stereocenters. The molecule has 0 amide bonds. The van der Waals surface area contributed by atoms with E-state index < -0.39 is 5.97 Å². The molecule has 33 heavy (non-hydrogen) atoms. The van der Waals surface area contributed by atoms with Crippen LogP contribution in [0.4, 0.5) is 0 Å². The molecule has 0 spiro atoms. The van der Waals surface area contributed by atoms with Crippen LogP contribution in [0.25, 0.3) is 0 Å². The van der Waals surface area contributed by atoms with Crippen LogP contribution in [0.3, 0.4) is 0 Å². The van der Waals surface area contributed by atoms with E-state index in [1.54, 1.807) is 0 Å². The number of carbonyl (C=O) groups is 1. The summed E-state index contributed by atoms with van der Waals surface area (Å²) < 4.78 is 12.8. The van der Waals surface area contributed by atoms with Gasteiger partial charge in [-0.05, 0) is 89.0 Å². The van der Waals surface area contributed by atoms with E-state index in [1.807, 2.05) is 0 Å². The zero-order valence-corrected chi connectivity index (χ0v) is 21.7. The maximum Gasteiger partial charge on any atom is 0.303 e. The Morgan fingerprint density at radius 3 is 2.42 bits per heavy atom. The highest BCUT2D eigenvalue weighted by Crippen LogP contribution is 2.44. The minimum absolute atomic E-state index is 0.238. The highest BCUT2D eigenvalue weighted by atomic mass is 16.5. The number of aliphatic carboxylic acids is 1. The van der Waals surface area contributed by atoms with Crippen LogP contribution in [-0.2, 0) is 11.2 Å². The lowest BCUT2D eigenvalue weighted by Crippen LogP contribution is -2.35. The van der Waals surface area contributed by atoms with Gasteiger partial charge in [0.1, 0.15) is 17.1 Å². The van der Waals surface area contributed by atoms with Crippen LogP contribution in [-0.4, -0.2) is 23.3 Å². The van der Waals surface area contributed by atoms with E-state index in [1.165, 1.54) is 54.4 Å². The quantitative estimate of drug-likeness (QED) is 0.213. The Morgan fingerprint density at radius 1 is 1.00 bits per heavy atom. The van der Waals surface area contributed by atoms with Crippen LogP contribution in [0.2, 0.25) is 0 Å². The minimum Gasteiger partial charge on any atom is -0.493 e. The molecule has 2 rings (SSSR count). The number of allylic oxidation sites excluding steroid dienone is 1. The molecule has 1 atom stereocenters. The van der Waals surface area contributed by atoms with Crippen LogP contribution in [0.5, 0.6) is 11.5 Å². The van der Waals surface area contributed by atoms with Gasteiger partial charge in [0.25, 0.3) is 0 Å². The van der Waals surface area contributed by atoms with E-state index >= 15 is 0 Å². The molecule has 0 aromatic heterocycles. The number of fused-ring (bicyclic) bond motifs is 1. The normalized spacial score (nSPS) is 17.7. The van der Waals surface area contributed by atoms with Crippen LogP contribution < -0.4 is 9.47 Å². The number of hydrogen-bond acceptors (Lipinski definition) is 3. The number of rotatable bonds is 15. The van der Waals surface area contributed by atoms with Crippen molar-refractivity contribution in [1.29, 1.82) is 0 Å². The summed E-state index contributed by atoms with van der Waals surface area (Å²) in [6.07, 6.45) is 18.2. The van der Waals surface area contributed by atoms with E-state index in [0.717, 1.165) is 56.4 Å². The Kier molecular flexibility index (Phi) is 11.3. The summed E-state index contributed by atoms with van der Waals surface area (Å²) in [4.78, 5) is 10.6. The number of ether oxygens (including phenoxy) is 2. The van der Waals surface area contributed by atoms with Gasteiger partial charge >= 0.3 is 5.97 Å². The summed E-state index contributed by atoms with van der Waals surface area (Å²) in [5, 5.41) is 8.73. The fraction of sp³-hybridized carbons (Fsp3) is 0.690. The number of benzene rings is 1. The molecule has 186 valence electrons. The summed E-state index contributed by atoms with van der Waals surface area (Å²) in [7, 11) is 0. The van der Waals surface area contributed by atoms with Gasteiger partial charge in [-0.1, -0.05) is 51.5 Å². The third-order valence-corrected chi connectivity index (χ3v) is 6.99. The second-order valence-corrected chi connectivity index (χ2v) is 9.94. The number of hydrogen-bond donors (Lipinski definition) is 1. The Morgan fingerprint density at radius 2 is 1.70 bits per heavy atom. The van der Waals surface area contributed by atoms with Crippen molar-refractivity contribution in [3.05, 3.63) is 34.4 Å². The van der Waals surface area contributed by atoms with Crippen molar-refractivity contribution in [3.63, 3.8) is 0 Å². The summed E-state index contributed by atoms with van der Waals surface area (Å²) >= 11 is 0. The van der Waals surface area contributed by atoms with Crippen LogP contribution in [0.1, 0.15) is 113 Å². The molecule has 1 heterocycles. The number of carboxylic acids is 1. The second-order valence-electron chi connectivity index (χ2n) is 9.94. The molecule has 4 heteroatoms. The van der Waals surface area contributed by atoms with E-state index in [-0.39, 0.29) is 12.0 Å². The molecule has 0 saturated heterocycles. The van der Waals surface area contributed by atoms with Crippen LogP contribution in [0, 0.1) is 20.8 Å². The predicted molar refractivity (Wildman–Crippen MR) is 137 cm³/mol. The highest BCUT2D eigenvalue weighted by molar-refractivity contribution is 5.66. The van der Waals surface area contributed by atoms with Crippen molar-refractivity contribution in [2.45, 2.75) is 124 Å². The van der Waals surface area contributed by atoms with Crippen molar-refractivity contribution in [1.82, 2.24) is 0 Å². The average molecular weight is 459 g/mol. The summed E-state index contributed by atoms with van der Waals surface area (Å²) in [5.74, 6) is 1.34. The lowest BCUT2D eigenvalue weighted by Gasteiger charge is -2.36. The minimum atomic E-state index is -0.710. The van der Waals surface area contributed by atoms with Gasteiger partial charge in [-0.2, -0.15) is 0 Å². The Bertz CT molecular complexity index is 796. The van der Waals surface area contributed by atoms with Crippen LogP contribution >= 0.6 is 0 Å². The Balaban J connectivity index is 1.94. The largest absolute Gasteiger partial charge is 0.493 e. The number of unbranched alkanes of at least 4 members (excludes halogenated alkanes) is 8. The van der Waals surface area contributed by atoms with E-state index in [2.05, 4.69) is 46.8 Å². The van der Waals surface area contributed by atoms with E-state index in [4.69, 9.17) is 14.6 Å². The fourth-order valence-corrected chi connectivity index (χ4v) is 4.69. The third kappa shape index (κ3) is 8.39. The SMILES string of the molecule is CCCCCCCC=CC1(C)CCc2c(C)c(OCCCCCCC(=O)O)c(C)c(C)c2O1. The topological polar surface area (TPSA) is 55.8 Å². The first-order valence-corrected chi connectivity index (χ1v) is 13.1. The third-order valence-electron chi connectivity index (χ3n) is 6.99. The molecule has 0 fully saturated rings. The van der Waals surface area contributed by atoms with Gasteiger partial charge < -0.3 is 14.6 Å². The van der Waals surface area contributed by atoms with Gasteiger partial charge in [0.15, 0.2) is 0 Å². The highest BCUT2D eigenvalue weighted by Gasteiger charge is 2.32. The van der Waals surface area contributed by atoms with Crippen molar-refractivity contribution in [3.8, 4) is 11.5 Å². The Labute approximate surface area is 201 Å². The molecule has 0 radical (unpaired) electrons. The van der Waals surface area contributed by atoms with Gasteiger partial charge in [0, 0.05) is 12.0 Å². The number of carboxylic acid groups (broad SMARTS) is 1. The molecule has 1 aliphatic rings. The van der Waals surface area contributed by atoms with E-state index in [9.17, 15) is 4.79 Å². The van der Waals surface area contributed by atoms with Crippen molar-refractivity contribution in [2.75, 3.05) is 6.61 Å². The van der Waals surface area contributed by atoms with Crippen molar-refractivity contribution < 1.29 is 19.4 Å². The average Bonchev–Trinajstić information content (AvgIpc) is 2.78. The zero-order valence-electron chi connectivity index (χ0n) is 21.7. The second kappa shape index (κ2) is 13.7. The van der Waals surface area contributed by atoms with Crippen LogP contribution in [0.15, 0.2) is 12.2 Å². The molecule has 0 saturated carbocycles. The molecule has 1 aliphatic heterocycles. The Hall–Kier alpha value is -1.97. The van der Waals surface area contributed by atoms with Gasteiger partial charge in [-0.3, -0.25) is 4.79 Å². The molecule has 0 aliphatic carbocycles. The zero-order chi connectivity index (χ0) is 24.3. The molecule has 1 aromatic carbocycles. The maximum absolute atomic E-state index is 10.6. The summed E-state index contributed by atoms with van der Waals surface area (Å²) in [6, 6.07) is 0. The van der Waals surface area contributed by atoms with E-state index in [0.29, 0.717) is 6.61 Å². The molecular formula is C29H46O4. The predicted octanol–water partition coefficient (Wildman–Crippen LogP) is 8.03. The standard InChI is InChI=1S/C29H46O4/c1-6-7-8-9-10-12-15-19-29(5)20-18-25-24(4)27(22(2)23(3)28(25)33-29)32-21-16-13-11-14-17-26(30)31/h15,19H,6-14,16-18,20-21H2,1-5H3,(H,30,31). The summed E-state index contributed by atoms with van der Waals surface area (Å²) in [6.45, 7) is 11.6. The van der Waals surface area contributed by atoms with Gasteiger partial charge in [0.2, 0.25) is 0 Å². The summed E-state index contributed by atoms with van der Waals surface area (Å²) in [5.41, 5.74) is 4.62. The van der Waals surface area contributed by atoms with Gasteiger partial charge in [-0.25, -0.2) is 0 Å². The first kappa shape index (κ1) is 27.3. The van der Waals surface area contributed by atoms with Crippen molar-refractivity contribution in [2.24, 2.45) is 0 Å². The molecule has 0 bridgehead atoms. The lowest BCUT2D eigenvalue weighted by molar-refractivity contribution is -0.137. The first-order chi connectivity index (χ1) is 15.8. The fourth-order valence-electron chi connectivity index (χ4n) is 4.69. The molecule has 4 nitrogen and oxygen atoms in total. The first-order valence-electron chi connectivity index (χ1n) is 13.1. The molecule has 1 N–H and O–H groups in total. The van der Waals surface area contributed by atoms with Gasteiger partial charge in [-0.15, -0.1) is 0 Å². The molecule has 1 aromatic rings. The van der Waals surface area contributed by atoms with Gasteiger partial charge in [0.05, 0.1) is 6.61 Å².